The van der Waals surface area contributed by atoms with Crippen LogP contribution in [-0.4, -0.2) is 40.0 Å². The van der Waals surface area contributed by atoms with E-state index >= 15 is 0 Å². The number of amides is 1. The maximum absolute atomic E-state index is 12.1. The predicted molar refractivity (Wildman–Crippen MR) is 81.5 cm³/mol. The van der Waals surface area contributed by atoms with Gasteiger partial charge in [-0.25, -0.2) is 4.98 Å². The predicted octanol–water partition coefficient (Wildman–Crippen LogP) is 2.93. The summed E-state index contributed by atoms with van der Waals surface area (Å²) in [5, 5.41) is 12.8. The van der Waals surface area contributed by atoms with Gasteiger partial charge in [-0.1, -0.05) is 11.6 Å². The molecule has 0 aliphatic carbocycles. The van der Waals surface area contributed by atoms with E-state index in [0.29, 0.717) is 5.69 Å². The molecule has 2 N–H and O–H groups in total. The summed E-state index contributed by atoms with van der Waals surface area (Å²) in [5.74, 6) is -0.0163. The van der Waals surface area contributed by atoms with Gasteiger partial charge >= 0.3 is 0 Å². The molecule has 1 aromatic carbocycles. The molecule has 2 rings (SSSR count). The third-order valence-corrected chi connectivity index (χ3v) is 3.07. The van der Waals surface area contributed by atoms with E-state index in [1.165, 1.54) is 23.2 Å². The van der Waals surface area contributed by atoms with Crippen LogP contribution in [0.25, 0.3) is 0 Å². The van der Waals surface area contributed by atoms with E-state index in [0.717, 1.165) is 0 Å². The van der Waals surface area contributed by atoms with Crippen molar-refractivity contribution < 1.29 is 9.90 Å². The van der Waals surface area contributed by atoms with Gasteiger partial charge in [0.05, 0.1) is 17.4 Å². The zero-order chi connectivity index (χ0) is 15.6. The first kappa shape index (κ1) is 15.3. The summed E-state index contributed by atoms with van der Waals surface area (Å²) in [6.45, 7) is 0. The average molecular weight is 327 g/mol. The highest BCUT2D eigenvalue weighted by molar-refractivity contribution is 6.33. The van der Waals surface area contributed by atoms with E-state index < -0.39 is 0 Å². The molecule has 0 unspecified atom stereocenters. The molecule has 110 valence electrons. The summed E-state index contributed by atoms with van der Waals surface area (Å²) in [6.07, 6.45) is 1.35. The molecule has 0 bridgehead atoms. The van der Waals surface area contributed by atoms with Gasteiger partial charge in [-0.15, -0.1) is 0 Å². The van der Waals surface area contributed by atoms with Crippen molar-refractivity contribution in [1.82, 2.24) is 14.9 Å². The van der Waals surface area contributed by atoms with E-state index in [-0.39, 0.29) is 33.3 Å². The van der Waals surface area contributed by atoms with Gasteiger partial charge in [-0.05, 0) is 29.8 Å². The summed E-state index contributed by atoms with van der Waals surface area (Å²) in [4.78, 5) is 21.2. The summed E-state index contributed by atoms with van der Waals surface area (Å²) < 4.78 is 0. The number of aromatic hydroxyl groups is 1. The number of hydrogen-bond acceptors (Lipinski definition) is 5. The highest BCUT2D eigenvalue weighted by Crippen LogP contribution is 2.28. The first-order valence-corrected chi connectivity index (χ1v) is 6.64. The fourth-order valence-electron chi connectivity index (χ4n) is 1.62. The SMILES string of the molecule is CN(C)C(=O)c1cc(O)ccc1Nc1nc(Cl)ncc1Cl. The zero-order valence-corrected chi connectivity index (χ0v) is 12.8. The van der Waals surface area contributed by atoms with Crippen LogP contribution in [0.1, 0.15) is 10.4 Å². The number of phenolic OH excluding ortho intramolecular Hbond substituents is 1. The second-order valence-corrected chi connectivity index (χ2v) is 5.14. The van der Waals surface area contributed by atoms with Gasteiger partial charge in [-0.2, -0.15) is 4.98 Å². The van der Waals surface area contributed by atoms with Gasteiger partial charge in [0, 0.05) is 14.1 Å². The standard InChI is InChI=1S/C13H12Cl2N4O2/c1-19(2)12(21)8-5-7(20)3-4-10(8)17-11-9(14)6-16-13(15)18-11/h3-6,20H,1-2H3,(H,16,17,18). The minimum atomic E-state index is -0.273. The number of hydrogen-bond donors (Lipinski definition) is 2. The van der Waals surface area contributed by atoms with Gasteiger partial charge in [0.25, 0.3) is 5.91 Å². The van der Waals surface area contributed by atoms with Crippen LogP contribution in [0.2, 0.25) is 10.3 Å². The van der Waals surface area contributed by atoms with Crippen molar-refractivity contribution in [2.24, 2.45) is 0 Å². The van der Waals surface area contributed by atoms with Crippen molar-refractivity contribution in [2.75, 3.05) is 19.4 Å². The second-order valence-electron chi connectivity index (χ2n) is 4.39. The summed E-state index contributed by atoms with van der Waals surface area (Å²) in [7, 11) is 3.23. The Labute approximate surface area is 131 Å². The van der Waals surface area contributed by atoms with E-state index in [1.54, 1.807) is 20.2 Å². The Hall–Kier alpha value is -2.05. The molecule has 1 aromatic heterocycles. The van der Waals surface area contributed by atoms with Crippen molar-refractivity contribution in [3.05, 3.63) is 40.3 Å². The number of nitrogens with zero attached hydrogens (tertiary/aromatic N) is 3. The first-order chi connectivity index (χ1) is 9.88. The van der Waals surface area contributed by atoms with Gasteiger partial charge in [0.15, 0.2) is 5.82 Å². The molecule has 8 heteroatoms. The molecule has 0 aliphatic rings. The summed E-state index contributed by atoms with van der Waals surface area (Å²) in [6, 6.07) is 4.37. The summed E-state index contributed by atoms with van der Waals surface area (Å²) >= 11 is 11.7. The van der Waals surface area contributed by atoms with Crippen molar-refractivity contribution in [2.45, 2.75) is 0 Å². The lowest BCUT2D eigenvalue weighted by Gasteiger charge is -2.15. The van der Waals surface area contributed by atoms with Crippen LogP contribution in [0, 0.1) is 0 Å². The third kappa shape index (κ3) is 3.53. The molecule has 21 heavy (non-hydrogen) atoms. The lowest BCUT2D eigenvalue weighted by atomic mass is 10.1. The number of benzene rings is 1. The minimum Gasteiger partial charge on any atom is -0.508 e. The normalized spacial score (nSPS) is 10.3. The molecule has 0 fully saturated rings. The molecule has 0 aliphatic heterocycles. The number of anilines is 2. The van der Waals surface area contributed by atoms with E-state index in [1.807, 2.05) is 0 Å². The Morgan fingerprint density at radius 3 is 2.71 bits per heavy atom. The maximum atomic E-state index is 12.1. The minimum absolute atomic E-state index is 0.0161. The number of carbonyl (C=O) groups is 1. The molecule has 0 atom stereocenters. The largest absolute Gasteiger partial charge is 0.508 e. The number of phenols is 1. The smallest absolute Gasteiger partial charge is 0.255 e. The van der Waals surface area contributed by atoms with E-state index in [2.05, 4.69) is 15.3 Å². The monoisotopic (exact) mass is 326 g/mol. The van der Waals surface area contributed by atoms with Crippen LogP contribution in [-0.2, 0) is 0 Å². The fraction of sp³-hybridized carbons (Fsp3) is 0.154. The van der Waals surface area contributed by atoms with Gasteiger partial charge < -0.3 is 15.3 Å². The fourth-order valence-corrected chi connectivity index (χ4v) is 1.89. The Morgan fingerprint density at radius 2 is 2.05 bits per heavy atom. The maximum Gasteiger partial charge on any atom is 0.255 e. The molecule has 0 saturated heterocycles. The Balaban J connectivity index is 2.44. The van der Waals surface area contributed by atoms with Crippen molar-refractivity contribution in [3.63, 3.8) is 0 Å². The molecule has 0 radical (unpaired) electrons. The Morgan fingerprint density at radius 1 is 1.33 bits per heavy atom. The second kappa shape index (κ2) is 6.15. The Bertz CT molecular complexity index is 692. The van der Waals surface area contributed by atoms with Gasteiger partial charge in [0.1, 0.15) is 10.8 Å². The highest BCUT2D eigenvalue weighted by Gasteiger charge is 2.16. The number of carbonyl (C=O) groups excluding carboxylic acids is 1. The topological polar surface area (TPSA) is 78.4 Å². The van der Waals surface area contributed by atoms with Crippen LogP contribution in [0.4, 0.5) is 11.5 Å². The van der Waals surface area contributed by atoms with E-state index in [4.69, 9.17) is 23.2 Å². The molecule has 0 spiro atoms. The Kier molecular flexibility index (Phi) is 4.50. The number of halogens is 2. The molecular weight excluding hydrogens is 315 g/mol. The van der Waals surface area contributed by atoms with Crippen LogP contribution in [0.5, 0.6) is 5.75 Å². The third-order valence-electron chi connectivity index (χ3n) is 2.61. The molecule has 6 nitrogen and oxygen atoms in total. The lowest BCUT2D eigenvalue weighted by Crippen LogP contribution is -2.22. The number of nitrogens with one attached hydrogen (secondary N) is 1. The summed E-state index contributed by atoms with van der Waals surface area (Å²) in [5.41, 5.74) is 0.731. The van der Waals surface area contributed by atoms with Crippen molar-refractivity contribution in [3.8, 4) is 5.75 Å². The lowest BCUT2D eigenvalue weighted by molar-refractivity contribution is 0.0828. The van der Waals surface area contributed by atoms with Crippen LogP contribution >= 0.6 is 23.2 Å². The average Bonchev–Trinajstić information content (AvgIpc) is 2.43. The quantitative estimate of drug-likeness (QED) is 0.669. The highest BCUT2D eigenvalue weighted by atomic mass is 35.5. The number of aromatic nitrogens is 2. The zero-order valence-electron chi connectivity index (χ0n) is 11.3. The van der Waals surface area contributed by atoms with Crippen molar-refractivity contribution >= 4 is 40.6 Å². The molecule has 1 heterocycles. The molecular formula is C13H12Cl2N4O2. The van der Waals surface area contributed by atoms with E-state index in [9.17, 15) is 9.90 Å². The molecule has 2 aromatic rings. The van der Waals surface area contributed by atoms with Crippen LogP contribution in [0.3, 0.4) is 0 Å². The van der Waals surface area contributed by atoms with Crippen molar-refractivity contribution in [1.29, 1.82) is 0 Å². The van der Waals surface area contributed by atoms with Gasteiger partial charge in [-0.3, -0.25) is 4.79 Å². The van der Waals surface area contributed by atoms with Gasteiger partial charge in [0.2, 0.25) is 5.28 Å². The molecule has 1 amide bonds. The van der Waals surface area contributed by atoms with Crippen LogP contribution < -0.4 is 5.32 Å². The van der Waals surface area contributed by atoms with Crippen LogP contribution in [0.15, 0.2) is 24.4 Å². The first-order valence-electron chi connectivity index (χ1n) is 5.88. The number of rotatable bonds is 3. The molecule has 0 saturated carbocycles.